The Balaban J connectivity index is 1.69. The summed E-state index contributed by atoms with van der Waals surface area (Å²) in [5.74, 6) is -0.695. The summed E-state index contributed by atoms with van der Waals surface area (Å²) in [5.41, 5.74) is 2.00. The number of imide groups is 1. The van der Waals surface area contributed by atoms with E-state index in [4.69, 9.17) is 11.6 Å². The standard InChI is InChI=1S/C19H18ClN3O3/c1-12(24)21-16-8-7-14(9-15(16)20)22-17-10-18(25)23(19(17)26)11-13-5-3-2-4-6-13/h2-9,17,22H,10-11H2,1H3,(H,21,24). The molecule has 0 saturated carbocycles. The van der Waals surface area contributed by atoms with Gasteiger partial charge in [0.25, 0.3) is 5.91 Å². The minimum Gasteiger partial charge on any atom is -0.373 e. The predicted molar refractivity (Wildman–Crippen MR) is 99.8 cm³/mol. The fourth-order valence-corrected chi connectivity index (χ4v) is 3.05. The number of anilines is 2. The number of rotatable bonds is 5. The zero-order chi connectivity index (χ0) is 18.7. The lowest BCUT2D eigenvalue weighted by Gasteiger charge is -2.16. The average Bonchev–Trinajstić information content (AvgIpc) is 2.85. The molecule has 2 aromatic rings. The van der Waals surface area contributed by atoms with Crippen LogP contribution in [-0.2, 0) is 20.9 Å². The normalized spacial score (nSPS) is 16.7. The number of benzene rings is 2. The van der Waals surface area contributed by atoms with Gasteiger partial charge in [0.1, 0.15) is 6.04 Å². The summed E-state index contributed by atoms with van der Waals surface area (Å²) in [7, 11) is 0. The molecular formula is C19H18ClN3O3. The maximum absolute atomic E-state index is 12.6. The van der Waals surface area contributed by atoms with Gasteiger partial charge in [-0.3, -0.25) is 19.3 Å². The highest BCUT2D eigenvalue weighted by molar-refractivity contribution is 6.34. The summed E-state index contributed by atoms with van der Waals surface area (Å²) in [6.45, 7) is 1.66. The monoisotopic (exact) mass is 371 g/mol. The number of likely N-dealkylation sites (tertiary alicyclic amines) is 1. The molecule has 6 nitrogen and oxygen atoms in total. The van der Waals surface area contributed by atoms with Gasteiger partial charge in [0, 0.05) is 12.6 Å². The Kier molecular flexibility index (Phi) is 5.23. The van der Waals surface area contributed by atoms with Gasteiger partial charge >= 0.3 is 0 Å². The molecule has 1 aliphatic rings. The van der Waals surface area contributed by atoms with Gasteiger partial charge in [-0.1, -0.05) is 41.9 Å². The highest BCUT2D eigenvalue weighted by Crippen LogP contribution is 2.27. The van der Waals surface area contributed by atoms with Gasteiger partial charge in [0.15, 0.2) is 0 Å². The van der Waals surface area contributed by atoms with E-state index in [9.17, 15) is 14.4 Å². The van der Waals surface area contributed by atoms with Gasteiger partial charge < -0.3 is 10.6 Å². The molecule has 1 saturated heterocycles. The van der Waals surface area contributed by atoms with E-state index in [1.54, 1.807) is 18.2 Å². The van der Waals surface area contributed by atoms with Crippen LogP contribution < -0.4 is 10.6 Å². The van der Waals surface area contributed by atoms with E-state index in [1.807, 2.05) is 30.3 Å². The Bertz CT molecular complexity index is 854. The number of nitrogens with one attached hydrogen (secondary N) is 2. The third-order valence-electron chi connectivity index (χ3n) is 4.05. The van der Waals surface area contributed by atoms with Crippen molar-refractivity contribution in [3.05, 3.63) is 59.1 Å². The van der Waals surface area contributed by atoms with Gasteiger partial charge in [-0.05, 0) is 23.8 Å². The number of carbonyl (C=O) groups is 3. The van der Waals surface area contributed by atoms with Crippen LogP contribution in [0.3, 0.4) is 0 Å². The smallest absolute Gasteiger partial charge is 0.252 e. The van der Waals surface area contributed by atoms with Gasteiger partial charge in [-0.25, -0.2) is 0 Å². The molecule has 3 rings (SSSR count). The molecule has 1 aliphatic heterocycles. The quantitative estimate of drug-likeness (QED) is 0.792. The lowest BCUT2D eigenvalue weighted by Crippen LogP contribution is -2.34. The van der Waals surface area contributed by atoms with E-state index in [1.165, 1.54) is 11.8 Å². The first-order valence-corrected chi connectivity index (χ1v) is 8.53. The van der Waals surface area contributed by atoms with Crippen LogP contribution in [0, 0.1) is 0 Å². The van der Waals surface area contributed by atoms with E-state index in [0.29, 0.717) is 16.4 Å². The van der Waals surface area contributed by atoms with Crippen molar-refractivity contribution in [2.45, 2.75) is 25.9 Å². The van der Waals surface area contributed by atoms with Crippen LogP contribution in [0.5, 0.6) is 0 Å². The van der Waals surface area contributed by atoms with Crippen LogP contribution in [0.1, 0.15) is 18.9 Å². The summed E-state index contributed by atoms with van der Waals surface area (Å²) in [6.07, 6.45) is 0.0940. The van der Waals surface area contributed by atoms with Crippen molar-refractivity contribution in [2.24, 2.45) is 0 Å². The van der Waals surface area contributed by atoms with Gasteiger partial charge in [0.05, 0.1) is 23.7 Å². The molecule has 2 aromatic carbocycles. The molecule has 134 valence electrons. The topological polar surface area (TPSA) is 78.5 Å². The summed E-state index contributed by atoms with van der Waals surface area (Å²) in [4.78, 5) is 37.2. The van der Waals surface area contributed by atoms with Gasteiger partial charge in [-0.15, -0.1) is 0 Å². The molecule has 1 atom stereocenters. The van der Waals surface area contributed by atoms with Crippen LogP contribution in [-0.4, -0.2) is 28.7 Å². The van der Waals surface area contributed by atoms with Crippen molar-refractivity contribution < 1.29 is 14.4 Å². The molecule has 0 aliphatic carbocycles. The van der Waals surface area contributed by atoms with Gasteiger partial charge in [-0.2, -0.15) is 0 Å². The fraction of sp³-hybridized carbons (Fsp3) is 0.211. The summed E-state index contributed by atoms with van der Waals surface area (Å²) < 4.78 is 0. The van der Waals surface area contributed by atoms with Crippen LogP contribution in [0.25, 0.3) is 0 Å². The zero-order valence-corrected chi connectivity index (χ0v) is 14.9. The van der Waals surface area contributed by atoms with Crippen molar-refractivity contribution in [1.29, 1.82) is 0 Å². The number of hydrogen-bond donors (Lipinski definition) is 2. The second-order valence-corrected chi connectivity index (χ2v) is 6.49. The van der Waals surface area contributed by atoms with Crippen molar-refractivity contribution in [3.63, 3.8) is 0 Å². The number of hydrogen-bond acceptors (Lipinski definition) is 4. The lowest BCUT2D eigenvalue weighted by atomic mass is 10.2. The highest BCUT2D eigenvalue weighted by atomic mass is 35.5. The predicted octanol–water partition coefficient (Wildman–Crippen LogP) is 3.04. The first kappa shape index (κ1) is 17.9. The molecule has 1 heterocycles. The molecule has 1 fully saturated rings. The molecule has 0 radical (unpaired) electrons. The van der Waals surface area contributed by atoms with E-state index in [0.717, 1.165) is 5.56 Å². The van der Waals surface area contributed by atoms with E-state index in [2.05, 4.69) is 10.6 Å². The number of nitrogens with zero attached hydrogens (tertiary/aromatic N) is 1. The summed E-state index contributed by atoms with van der Waals surface area (Å²) in [5, 5.41) is 6.02. The molecule has 0 spiro atoms. The first-order chi connectivity index (χ1) is 12.4. The third-order valence-corrected chi connectivity index (χ3v) is 4.36. The Morgan fingerprint density at radius 1 is 1.19 bits per heavy atom. The Morgan fingerprint density at radius 2 is 1.92 bits per heavy atom. The number of carbonyl (C=O) groups excluding carboxylic acids is 3. The second-order valence-electron chi connectivity index (χ2n) is 6.08. The SMILES string of the molecule is CC(=O)Nc1ccc(NC2CC(=O)N(Cc3ccccc3)C2=O)cc1Cl. The minimum atomic E-state index is -0.631. The highest BCUT2D eigenvalue weighted by Gasteiger charge is 2.38. The maximum atomic E-state index is 12.6. The van der Waals surface area contributed by atoms with E-state index < -0.39 is 6.04 Å². The largest absolute Gasteiger partial charge is 0.373 e. The second kappa shape index (κ2) is 7.58. The first-order valence-electron chi connectivity index (χ1n) is 8.16. The fourth-order valence-electron chi connectivity index (χ4n) is 2.83. The van der Waals surface area contributed by atoms with Crippen molar-refractivity contribution in [2.75, 3.05) is 10.6 Å². The molecule has 3 amide bonds. The molecule has 2 N–H and O–H groups in total. The van der Waals surface area contributed by atoms with Crippen LogP contribution in [0.2, 0.25) is 5.02 Å². The van der Waals surface area contributed by atoms with Crippen molar-refractivity contribution in [3.8, 4) is 0 Å². The average molecular weight is 372 g/mol. The molecular weight excluding hydrogens is 354 g/mol. The molecule has 0 bridgehead atoms. The molecule has 1 unspecified atom stereocenters. The maximum Gasteiger partial charge on any atom is 0.252 e. The molecule has 26 heavy (non-hydrogen) atoms. The Morgan fingerprint density at radius 3 is 2.58 bits per heavy atom. The lowest BCUT2D eigenvalue weighted by molar-refractivity contribution is -0.139. The van der Waals surface area contributed by atoms with Crippen LogP contribution >= 0.6 is 11.6 Å². The van der Waals surface area contributed by atoms with Crippen molar-refractivity contribution in [1.82, 2.24) is 4.90 Å². The third kappa shape index (κ3) is 4.03. The Hall–Kier alpha value is -2.86. The van der Waals surface area contributed by atoms with Crippen LogP contribution in [0.15, 0.2) is 48.5 Å². The minimum absolute atomic E-state index is 0.0940. The van der Waals surface area contributed by atoms with E-state index >= 15 is 0 Å². The Labute approximate surface area is 156 Å². The van der Waals surface area contributed by atoms with Crippen molar-refractivity contribution >= 4 is 40.7 Å². The summed E-state index contributed by atoms with van der Waals surface area (Å²) in [6, 6.07) is 13.7. The van der Waals surface area contributed by atoms with E-state index in [-0.39, 0.29) is 30.7 Å². The zero-order valence-electron chi connectivity index (χ0n) is 14.2. The molecule has 0 aromatic heterocycles. The van der Waals surface area contributed by atoms with Gasteiger partial charge in [0.2, 0.25) is 11.8 Å². The number of amides is 3. The number of halogens is 1. The van der Waals surface area contributed by atoms with Crippen LogP contribution in [0.4, 0.5) is 11.4 Å². The summed E-state index contributed by atoms with van der Waals surface area (Å²) >= 11 is 6.14. The molecule has 7 heteroatoms.